The van der Waals surface area contributed by atoms with Crippen LogP contribution in [0.5, 0.6) is 5.75 Å². The van der Waals surface area contributed by atoms with E-state index in [1.807, 2.05) is 49.4 Å². The molecule has 0 amide bonds. The molecular weight excluding hydrogens is 246 g/mol. The maximum atomic E-state index is 5.14. The van der Waals surface area contributed by atoms with Gasteiger partial charge >= 0.3 is 0 Å². The topological polar surface area (TPSA) is 21.6 Å². The van der Waals surface area contributed by atoms with Crippen molar-refractivity contribution in [2.75, 3.05) is 7.11 Å². The Morgan fingerprint density at radius 3 is 2.20 bits per heavy atom. The van der Waals surface area contributed by atoms with Gasteiger partial charge < -0.3 is 4.74 Å². The highest BCUT2D eigenvalue weighted by Gasteiger charge is 1.98. The molecule has 0 aliphatic heterocycles. The van der Waals surface area contributed by atoms with Gasteiger partial charge in [-0.05, 0) is 49.2 Å². The van der Waals surface area contributed by atoms with Crippen molar-refractivity contribution in [3.05, 3.63) is 65.7 Å². The fraction of sp³-hybridized carbons (Fsp3) is 0.167. The van der Waals surface area contributed by atoms with Gasteiger partial charge in [-0.2, -0.15) is 0 Å². The molecule has 0 radical (unpaired) electrons. The van der Waals surface area contributed by atoms with E-state index in [4.69, 9.17) is 4.74 Å². The van der Waals surface area contributed by atoms with Gasteiger partial charge in [0.2, 0.25) is 0 Å². The minimum atomic E-state index is 0.846. The summed E-state index contributed by atoms with van der Waals surface area (Å²) in [6, 6.07) is 18.0. The average molecular weight is 265 g/mol. The van der Waals surface area contributed by atoms with Crippen LogP contribution in [0.2, 0.25) is 0 Å². The number of hydrogen-bond acceptors (Lipinski definition) is 2. The van der Waals surface area contributed by atoms with E-state index in [1.165, 1.54) is 5.56 Å². The zero-order chi connectivity index (χ0) is 14.4. The smallest absolute Gasteiger partial charge is 0.119 e. The number of aliphatic imine (C=N–C) groups is 1. The van der Waals surface area contributed by atoms with E-state index in [9.17, 15) is 0 Å². The molecule has 2 rings (SSSR count). The Balaban J connectivity index is 2.18. The van der Waals surface area contributed by atoms with Gasteiger partial charge in [-0.3, -0.25) is 4.99 Å². The van der Waals surface area contributed by atoms with Crippen molar-refractivity contribution in [3.63, 3.8) is 0 Å². The van der Waals surface area contributed by atoms with Gasteiger partial charge in [-0.1, -0.05) is 36.4 Å². The highest BCUT2D eigenvalue weighted by atomic mass is 16.5. The van der Waals surface area contributed by atoms with Gasteiger partial charge in [0.1, 0.15) is 5.75 Å². The Morgan fingerprint density at radius 2 is 1.60 bits per heavy atom. The first kappa shape index (κ1) is 14.1. The highest BCUT2D eigenvalue weighted by Crippen LogP contribution is 2.19. The standard InChI is InChI=1S/C18H19NO/c1-14(13-16-7-5-4-6-8-16)15(2)19-17-9-11-18(20-3)12-10-17/h4-13H,1-3H3/b14-13+,19-15?. The molecule has 102 valence electrons. The summed E-state index contributed by atoms with van der Waals surface area (Å²) in [7, 11) is 1.66. The molecule has 0 heterocycles. The normalized spacial score (nSPS) is 12.3. The SMILES string of the molecule is COc1ccc(N=C(C)/C(C)=C/c2ccccc2)cc1. The Hall–Kier alpha value is -2.35. The highest BCUT2D eigenvalue weighted by molar-refractivity contribution is 6.02. The van der Waals surface area contributed by atoms with E-state index in [-0.39, 0.29) is 0 Å². The summed E-state index contributed by atoms with van der Waals surface area (Å²) >= 11 is 0. The van der Waals surface area contributed by atoms with Crippen molar-refractivity contribution in [3.8, 4) is 5.75 Å². The second-order valence-electron chi connectivity index (χ2n) is 4.63. The molecule has 0 fully saturated rings. The van der Waals surface area contributed by atoms with Crippen molar-refractivity contribution < 1.29 is 4.74 Å². The third kappa shape index (κ3) is 3.82. The van der Waals surface area contributed by atoms with Crippen LogP contribution in [0.1, 0.15) is 19.4 Å². The third-order valence-electron chi connectivity index (χ3n) is 3.12. The van der Waals surface area contributed by atoms with Gasteiger partial charge in [0, 0.05) is 5.71 Å². The van der Waals surface area contributed by atoms with Crippen LogP contribution in [0, 0.1) is 0 Å². The fourth-order valence-electron chi connectivity index (χ4n) is 1.84. The molecule has 0 aliphatic rings. The molecule has 0 bridgehead atoms. The molecule has 0 aromatic heterocycles. The summed E-state index contributed by atoms with van der Waals surface area (Å²) < 4.78 is 5.14. The lowest BCUT2D eigenvalue weighted by molar-refractivity contribution is 0.415. The molecule has 0 spiro atoms. The maximum Gasteiger partial charge on any atom is 0.119 e. The second kappa shape index (κ2) is 6.71. The molecule has 0 saturated heterocycles. The van der Waals surface area contributed by atoms with Gasteiger partial charge in [0.25, 0.3) is 0 Å². The summed E-state index contributed by atoms with van der Waals surface area (Å²) in [6.45, 7) is 4.11. The lowest BCUT2D eigenvalue weighted by atomic mass is 10.1. The summed E-state index contributed by atoms with van der Waals surface area (Å²) in [5.74, 6) is 0.846. The number of rotatable bonds is 4. The summed E-state index contributed by atoms with van der Waals surface area (Å²) in [5, 5.41) is 0. The Morgan fingerprint density at radius 1 is 0.950 bits per heavy atom. The van der Waals surface area contributed by atoms with Gasteiger partial charge in [-0.25, -0.2) is 0 Å². The van der Waals surface area contributed by atoms with E-state index in [1.54, 1.807) is 7.11 Å². The summed E-state index contributed by atoms with van der Waals surface area (Å²) in [6.07, 6.45) is 2.14. The van der Waals surface area contributed by atoms with Crippen LogP contribution in [0.25, 0.3) is 6.08 Å². The zero-order valence-electron chi connectivity index (χ0n) is 12.1. The molecule has 0 unspecified atom stereocenters. The maximum absolute atomic E-state index is 5.14. The van der Waals surface area contributed by atoms with Crippen LogP contribution < -0.4 is 4.74 Å². The molecular formula is C18H19NO. The molecule has 2 aromatic rings. The van der Waals surface area contributed by atoms with Crippen molar-refractivity contribution in [1.82, 2.24) is 0 Å². The van der Waals surface area contributed by atoms with E-state index in [0.29, 0.717) is 0 Å². The van der Waals surface area contributed by atoms with Crippen LogP contribution in [0.15, 0.2) is 65.2 Å². The molecule has 20 heavy (non-hydrogen) atoms. The van der Waals surface area contributed by atoms with Crippen molar-refractivity contribution in [1.29, 1.82) is 0 Å². The molecule has 2 aromatic carbocycles. The Bertz CT molecular complexity index is 610. The molecule has 0 saturated carbocycles. The van der Waals surface area contributed by atoms with E-state index in [0.717, 1.165) is 22.7 Å². The van der Waals surface area contributed by atoms with Gasteiger partial charge in [0.05, 0.1) is 12.8 Å². The van der Waals surface area contributed by atoms with Crippen molar-refractivity contribution in [2.45, 2.75) is 13.8 Å². The number of methoxy groups -OCH3 is 1. The van der Waals surface area contributed by atoms with Crippen LogP contribution in [-0.2, 0) is 0 Å². The Kier molecular flexibility index (Phi) is 4.72. The van der Waals surface area contributed by atoms with Crippen LogP contribution in [-0.4, -0.2) is 12.8 Å². The minimum absolute atomic E-state index is 0.846. The van der Waals surface area contributed by atoms with Gasteiger partial charge in [0.15, 0.2) is 0 Å². The lowest BCUT2D eigenvalue weighted by Gasteiger charge is -2.03. The predicted octanol–water partition coefficient (Wildman–Crippen LogP) is 4.89. The fourth-order valence-corrected chi connectivity index (χ4v) is 1.84. The largest absolute Gasteiger partial charge is 0.497 e. The second-order valence-corrected chi connectivity index (χ2v) is 4.63. The number of allylic oxidation sites excluding steroid dienone is 1. The number of nitrogens with zero attached hydrogens (tertiary/aromatic N) is 1. The first-order valence-electron chi connectivity index (χ1n) is 6.62. The van der Waals surface area contributed by atoms with Crippen molar-refractivity contribution in [2.24, 2.45) is 4.99 Å². The first-order chi connectivity index (χ1) is 9.69. The number of ether oxygens (including phenoxy) is 1. The predicted molar refractivity (Wildman–Crippen MR) is 85.9 cm³/mol. The van der Waals surface area contributed by atoms with Crippen LogP contribution in [0.3, 0.4) is 0 Å². The number of hydrogen-bond donors (Lipinski definition) is 0. The third-order valence-corrected chi connectivity index (χ3v) is 3.12. The zero-order valence-corrected chi connectivity index (χ0v) is 12.1. The van der Waals surface area contributed by atoms with E-state index in [2.05, 4.69) is 30.1 Å². The number of benzene rings is 2. The lowest BCUT2D eigenvalue weighted by Crippen LogP contribution is -1.92. The molecule has 0 aliphatic carbocycles. The molecule has 0 N–H and O–H groups in total. The molecule has 2 heteroatoms. The molecule has 2 nitrogen and oxygen atoms in total. The first-order valence-corrected chi connectivity index (χ1v) is 6.62. The quantitative estimate of drug-likeness (QED) is 0.721. The minimum Gasteiger partial charge on any atom is -0.497 e. The summed E-state index contributed by atoms with van der Waals surface area (Å²) in [4.78, 5) is 4.62. The summed E-state index contributed by atoms with van der Waals surface area (Å²) in [5.41, 5.74) is 4.30. The van der Waals surface area contributed by atoms with Gasteiger partial charge in [-0.15, -0.1) is 0 Å². The van der Waals surface area contributed by atoms with E-state index >= 15 is 0 Å². The Labute approximate surface area is 120 Å². The average Bonchev–Trinajstić information content (AvgIpc) is 2.49. The monoisotopic (exact) mass is 265 g/mol. The van der Waals surface area contributed by atoms with Crippen molar-refractivity contribution >= 4 is 17.5 Å². The molecule has 0 atom stereocenters. The van der Waals surface area contributed by atoms with Crippen LogP contribution in [0.4, 0.5) is 5.69 Å². The van der Waals surface area contributed by atoms with E-state index < -0.39 is 0 Å². The van der Waals surface area contributed by atoms with Crippen LogP contribution >= 0.6 is 0 Å².